The number of likely N-dealkylation sites (tertiary alicyclic amines) is 1. The summed E-state index contributed by atoms with van der Waals surface area (Å²) in [6.45, 7) is 4.22. The maximum atomic E-state index is 14.3. The van der Waals surface area contributed by atoms with Crippen LogP contribution in [0.4, 0.5) is 13.2 Å². The number of carbonyl (C=O) groups is 2. The third-order valence-electron chi connectivity index (χ3n) is 9.56. The number of hydrogen-bond donors (Lipinski definition) is 3. The Morgan fingerprint density at radius 1 is 1.14 bits per heavy atom. The van der Waals surface area contributed by atoms with E-state index < -0.39 is 30.0 Å². The minimum absolute atomic E-state index is 0.0850. The minimum Gasteiger partial charge on any atom is -0.355 e. The predicted molar refractivity (Wildman–Crippen MR) is 133 cm³/mol. The summed E-state index contributed by atoms with van der Waals surface area (Å²) in [7, 11) is 1.29. The van der Waals surface area contributed by atoms with Crippen molar-refractivity contribution in [2.75, 3.05) is 26.7 Å². The molecule has 4 aliphatic heterocycles. The van der Waals surface area contributed by atoms with E-state index in [0.29, 0.717) is 50.1 Å². The molecule has 0 aromatic carbocycles. The van der Waals surface area contributed by atoms with E-state index in [1.807, 2.05) is 0 Å². The third-order valence-corrected chi connectivity index (χ3v) is 9.83. The van der Waals surface area contributed by atoms with Gasteiger partial charge < -0.3 is 10.2 Å². The highest BCUT2D eigenvalue weighted by atomic mass is 35.5. The van der Waals surface area contributed by atoms with E-state index in [9.17, 15) is 22.8 Å². The van der Waals surface area contributed by atoms with Gasteiger partial charge in [0.25, 0.3) is 0 Å². The fraction of sp³-hybridized carbons (Fsp3) is 0.920. The summed E-state index contributed by atoms with van der Waals surface area (Å²) in [6, 6.07) is -0.934. The van der Waals surface area contributed by atoms with Crippen LogP contribution in [0.2, 0.25) is 0 Å². The Labute approximate surface area is 221 Å². The van der Waals surface area contributed by atoms with E-state index >= 15 is 0 Å². The van der Waals surface area contributed by atoms with Gasteiger partial charge in [0.1, 0.15) is 6.04 Å². The summed E-state index contributed by atoms with van der Waals surface area (Å²) in [5.41, 5.74) is 3.34. The molecular weight excluding hydrogens is 509 g/mol. The summed E-state index contributed by atoms with van der Waals surface area (Å²) in [5.74, 6) is -1.37. The molecule has 5 aliphatic rings. The van der Waals surface area contributed by atoms with Crippen LogP contribution >= 0.6 is 11.6 Å². The number of carbonyl (C=O) groups excluding carboxylic acids is 2. The van der Waals surface area contributed by atoms with Gasteiger partial charge in [-0.1, -0.05) is 6.92 Å². The molecule has 210 valence electrons. The number of hydrogen-bond acceptors (Lipinski definition) is 6. The van der Waals surface area contributed by atoms with Crippen LogP contribution in [-0.4, -0.2) is 95.3 Å². The lowest BCUT2D eigenvalue weighted by molar-refractivity contribution is -0.203. The van der Waals surface area contributed by atoms with Crippen molar-refractivity contribution < 1.29 is 22.8 Å². The second-order valence-electron chi connectivity index (χ2n) is 11.8. The molecule has 5 fully saturated rings. The van der Waals surface area contributed by atoms with Gasteiger partial charge in [-0.3, -0.25) is 19.8 Å². The van der Waals surface area contributed by atoms with E-state index in [2.05, 4.69) is 32.9 Å². The second kappa shape index (κ2) is 10.8. The van der Waals surface area contributed by atoms with Gasteiger partial charge in [0.15, 0.2) is 0 Å². The van der Waals surface area contributed by atoms with E-state index in [0.717, 1.165) is 30.8 Å². The molecule has 0 spiro atoms. The van der Waals surface area contributed by atoms with Crippen LogP contribution in [-0.2, 0) is 9.59 Å². The first kappa shape index (κ1) is 27.4. The van der Waals surface area contributed by atoms with Crippen molar-refractivity contribution in [1.82, 2.24) is 30.9 Å². The van der Waals surface area contributed by atoms with E-state index in [4.69, 9.17) is 11.6 Å². The molecule has 8 nitrogen and oxygen atoms in total. The van der Waals surface area contributed by atoms with Gasteiger partial charge in [-0.15, -0.1) is 11.6 Å². The van der Waals surface area contributed by atoms with Gasteiger partial charge in [-0.25, -0.2) is 10.4 Å². The van der Waals surface area contributed by atoms with Crippen molar-refractivity contribution in [3.8, 4) is 0 Å². The summed E-state index contributed by atoms with van der Waals surface area (Å²) in [4.78, 5) is 27.9. The number of alkyl halides is 4. The molecule has 37 heavy (non-hydrogen) atoms. The first-order chi connectivity index (χ1) is 17.5. The monoisotopic (exact) mass is 548 g/mol. The number of amides is 2. The number of rotatable bonds is 4. The Hall–Kier alpha value is -1.14. The lowest BCUT2D eigenvalue weighted by Crippen LogP contribution is -2.72. The van der Waals surface area contributed by atoms with Crippen molar-refractivity contribution in [3.63, 3.8) is 0 Å². The molecule has 4 heterocycles. The highest BCUT2D eigenvalue weighted by molar-refractivity contribution is 6.20. The molecule has 0 aromatic rings. The molecule has 0 aromatic heterocycles. The Morgan fingerprint density at radius 2 is 1.86 bits per heavy atom. The van der Waals surface area contributed by atoms with Gasteiger partial charge in [0.05, 0.1) is 17.6 Å². The number of nitrogens with one attached hydrogen (secondary N) is 3. The Bertz CT molecular complexity index is 847. The van der Waals surface area contributed by atoms with Crippen molar-refractivity contribution in [1.29, 1.82) is 0 Å². The molecular formula is C25H40ClF3N6O2. The summed E-state index contributed by atoms with van der Waals surface area (Å²) >= 11 is 6.39. The van der Waals surface area contributed by atoms with Crippen molar-refractivity contribution in [2.45, 2.75) is 100 Å². The average molecular weight is 549 g/mol. The van der Waals surface area contributed by atoms with Crippen LogP contribution in [0.5, 0.6) is 0 Å². The van der Waals surface area contributed by atoms with Crippen LogP contribution < -0.4 is 16.1 Å². The summed E-state index contributed by atoms with van der Waals surface area (Å²) < 4.78 is 42.9. The maximum Gasteiger partial charge on any atom is 0.409 e. The lowest BCUT2D eigenvalue weighted by Gasteiger charge is -2.55. The normalized spacial score (nSPS) is 40.4. The molecule has 0 radical (unpaired) electrons. The first-order valence-electron chi connectivity index (χ1n) is 13.8. The molecule has 2 amide bonds. The van der Waals surface area contributed by atoms with Gasteiger partial charge in [0.2, 0.25) is 11.8 Å². The smallest absolute Gasteiger partial charge is 0.355 e. The largest absolute Gasteiger partial charge is 0.409 e. The van der Waals surface area contributed by atoms with Gasteiger partial charge in [-0.05, 0) is 56.9 Å². The third kappa shape index (κ3) is 5.48. The van der Waals surface area contributed by atoms with Crippen LogP contribution in [0.25, 0.3) is 0 Å². The van der Waals surface area contributed by atoms with Crippen LogP contribution in [0.3, 0.4) is 0 Å². The highest BCUT2D eigenvalue weighted by Gasteiger charge is 2.53. The average Bonchev–Trinajstić information content (AvgIpc) is 3.24. The topological polar surface area (TPSA) is 80.0 Å². The van der Waals surface area contributed by atoms with Gasteiger partial charge in [0, 0.05) is 51.1 Å². The molecule has 1 saturated carbocycles. The minimum atomic E-state index is -4.49. The first-order valence-corrected chi connectivity index (χ1v) is 14.3. The fourth-order valence-corrected chi connectivity index (χ4v) is 7.96. The number of piperidine rings is 2. The zero-order valence-electron chi connectivity index (χ0n) is 21.6. The Kier molecular flexibility index (Phi) is 8.00. The summed E-state index contributed by atoms with van der Waals surface area (Å²) in [6.07, 6.45) is 0.395. The van der Waals surface area contributed by atoms with E-state index in [1.54, 1.807) is 0 Å². The Balaban J connectivity index is 1.23. The van der Waals surface area contributed by atoms with E-state index in [-0.39, 0.29) is 36.6 Å². The molecule has 0 bridgehead atoms. The quantitative estimate of drug-likeness (QED) is 0.369. The molecule has 12 heteroatoms. The molecule has 1 aliphatic carbocycles. The fourth-order valence-electron chi connectivity index (χ4n) is 7.68. The molecule has 3 N–H and O–H groups in total. The van der Waals surface area contributed by atoms with E-state index in [1.165, 1.54) is 7.05 Å². The lowest BCUT2D eigenvalue weighted by atomic mass is 9.77. The second-order valence-corrected chi connectivity index (χ2v) is 12.3. The van der Waals surface area contributed by atoms with Gasteiger partial charge >= 0.3 is 6.18 Å². The number of halogens is 4. The molecule has 4 saturated heterocycles. The van der Waals surface area contributed by atoms with Crippen molar-refractivity contribution in [3.05, 3.63) is 0 Å². The number of fused-ring (bicyclic) bond motifs is 3. The SMILES string of the molecule is C[C@@H]1CCN(C2CCC([C@H](N(C)C(=O)[C@H]3CCC(=O)NC3)C(F)(F)F)CC2)C2CNC3CC(Cl)NN3C21. The number of nitrogens with zero attached hydrogens (tertiary/aromatic N) is 3. The predicted octanol–water partition coefficient (Wildman–Crippen LogP) is 2.24. The molecule has 7 atom stereocenters. The standard InChI is InChI=1S/C25H40ClF3N6O2/c1-14-9-10-34(18-13-30-20-11-19(26)32-35(20)22(14)18)17-6-3-15(4-7-17)23(25(27,28)29)33(2)24(37)16-5-8-21(36)31-12-16/h14-20,22-23,30,32H,3-13H2,1-2H3,(H,31,36)/t14-,15?,16+,17?,18?,19?,20?,22?,23+/m1/s1. The molecule has 5 rings (SSSR count). The number of hydrazine groups is 1. The van der Waals surface area contributed by atoms with Crippen LogP contribution in [0.1, 0.15) is 58.3 Å². The highest BCUT2D eigenvalue weighted by Crippen LogP contribution is 2.42. The van der Waals surface area contributed by atoms with Crippen molar-refractivity contribution in [2.24, 2.45) is 17.8 Å². The van der Waals surface area contributed by atoms with Gasteiger partial charge in [-0.2, -0.15) is 13.2 Å². The van der Waals surface area contributed by atoms with Crippen LogP contribution in [0.15, 0.2) is 0 Å². The van der Waals surface area contributed by atoms with Crippen LogP contribution in [0, 0.1) is 17.8 Å². The Morgan fingerprint density at radius 3 is 2.51 bits per heavy atom. The zero-order valence-corrected chi connectivity index (χ0v) is 22.4. The van der Waals surface area contributed by atoms with Crippen molar-refractivity contribution >= 4 is 23.4 Å². The maximum absolute atomic E-state index is 14.3. The summed E-state index contributed by atoms with van der Waals surface area (Å²) in [5, 5.41) is 8.54. The zero-order chi connectivity index (χ0) is 26.5. The molecule has 4 unspecified atom stereocenters.